The molecule has 184 valence electrons. The molecule has 11 atom stereocenters. The predicted octanol–water partition coefficient (Wildman–Crippen LogP) is 3.37. The Bertz CT molecular complexity index is 1070. The molecule has 34 heavy (non-hydrogen) atoms. The summed E-state index contributed by atoms with van der Waals surface area (Å²) in [4.78, 5) is 13.2. The molecule has 2 N–H and O–H groups in total. The average molecular weight is 469 g/mol. The molecule has 0 aromatic heterocycles. The van der Waals surface area contributed by atoms with Crippen LogP contribution in [0.4, 0.5) is 0 Å². The van der Waals surface area contributed by atoms with Gasteiger partial charge in [0.2, 0.25) is 0 Å². The van der Waals surface area contributed by atoms with Gasteiger partial charge in [0, 0.05) is 18.3 Å². The summed E-state index contributed by atoms with van der Waals surface area (Å²) in [6.45, 7) is 8.21. The minimum absolute atomic E-state index is 0.0292. The summed E-state index contributed by atoms with van der Waals surface area (Å²) < 4.78 is 18.1. The Balaban J connectivity index is 1.14. The maximum Gasteiger partial charge on any atom is 0.186 e. The van der Waals surface area contributed by atoms with E-state index < -0.39 is 22.9 Å². The lowest BCUT2D eigenvalue weighted by Gasteiger charge is -2.56. The molecule has 3 heterocycles. The Morgan fingerprint density at radius 1 is 1.21 bits per heavy atom. The highest BCUT2D eigenvalue weighted by Crippen LogP contribution is 2.66. The van der Waals surface area contributed by atoms with Crippen LogP contribution in [0.5, 0.6) is 0 Å². The largest absolute Gasteiger partial charge is 0.386 e. The molecule has 7 aliphatic rings. The number of carbonyl (C=O) groups excluding carboxylic acids is 1. The molecule has 6 nitrogen and oxygen atoms in total. The predicted molar refractivity (Wildman–Crippen MR) is 124 cm³/mol. The molecule has 4 aliphatic carbocycles. The van der Waals surface area contributed by atoms with E-state index in [1.807, 2.05) is 19.9 Å². The Kier molecular flexibility index (Phi) is 4.20. The third-order valence-corrected chi connectivity index (χ3v) is 11.2. The molecule has 0 bridgehead atoms. The summed E-state index contributed by atoms with van der Waals surface area (Å²) in [5.41, 5.74) is 1.56. The number of epoxide rings is 2. The zero-order chi connectivity index (χ0) is 23.8. The van der Waals surface area contributed by atoms with Gasteiger partial charge in [-0.05, 0) is 64.9 Å². The number of ether oxygens (including phenoxy) is 3. The van der Waals surface area contributed by atoms with Crippen LogP contribution >= 0.6 is 0 Å². The first-order valence-electron chi connectivity index (χ1n) is 13.1. The fraction of sp³-hybridized carbons (Fsp3) is 0.750. The Morgan fingerprint density at radius 3 is 2.76 bits per heavy atom. The van der Waals surface area contributed by atoms with Gasteiger partial charge in [-0.25, -0.2) is 0 Å². The molecule has 0 aromatic rings. The van der Waals surface area contributed by atoms with E-state index in [0.29, 0.717) is 6.42 Å². The van der Waals surface area contributed by atoms with E-state index in [1.165, 1.54) is 16.7 Å². The van der Waals surface area contributed by atoms with Gasteiger partial charge in [-0.2, -0.15) is 0 Å². The van der Waals surface area contributed by atoms with Gasteiger partial charge < -0.3 is 24.4 Å². The standard InChI is InChI=1S/C28H36O6/c1-14(19-13-25(2)27(4,34-25)24(30)32-19)15-7-9-17-16(12-15)8-10-18-21(17)22-23(33-22)28(31)11-5-6-20(29)26(18,28)3/h5-7,14,18-19,21-24,30-31H,8-13H2,1-4H3/t14-,18-,19+,21-,22-,23-,24+,25-,26-,27+,28-/m0/s1. The second kappa shape index (κ2) is 6.51. The highest BCUT2D eigenvalue weighted by molar-refractivity contribution is 5.97. The molecular weight excluding hydrogens is 432 g/mol. The third-order valence-electron chi connectivity index (χ3n) is 11.2. The molecule has 0 amide bonds. The van der Waals surface area contributed by atoms with Gasteiger partial charge in [-0.3, -0.25) is 4.79 Å². The van der Waals surface area contributed by atoms with Crippen LogP contribution in [0.1, 0.15) is 66.2 Å². The zero-order valence-electron chi connectivity index (χ0n) is 20.5. The van der Waals surface area contributed by atoms with Crippen LogP contribution in [0, 0.1) is 23.2 Å². The van der Waals surface area contributed by atoms with Gasteiger partial charge in [-0.15, -0.1) is 0 Å². The van der Waals surface area contributed by atoms with Crippen molar-refractivity contribution in [3.63, 3.8) is 0 Å². The lowest BCUT2D eigenvalue weighted by atomic mass is 9.47. The number of hydrogen-bond donors (Lipinski definition) is 2. The third kappa shape index (κ3) is 2.47. The number of aliphatic hydroxyl groups excluding tert-OH is 1. The molecule has 1 saturated carbocycles. The van der Waals surface area contributed by atoms with Gasteiger partial charge in [-0.1, -0.05) is 35.8 Å². The van der Waals surface area contributed by atoms with Gasteiger partial charge in [0.15, 0.2) is 12.1 Å². The molecule has 6 heteroatoms. The zero-order valence-corrected chi connectivity index (χ0v) is 20.5. The van der Waals surface area contributed by atoms with E-state index in [2.05, 4.69) is 19.9 Å². The normalized spacial score (nSPS) is 55.8. The van der Waals surface area contributed by atoms with Crippen molar-refractivity contribution < 1.29 is 29.2 Å². The molecule has 0 aromatic carbocycles. The Hall–Kier alpha value is -1.31. The number of rotatable bonds is 2. The van der Waals surface area contributed by atoms with Crippen molar-refractivity contribution in [2.24, 2.45) is 23.2 Å². The van der Waals surface area contributed by atoms with Crippen LogP contribution in [0.15, 0.2) is 34.9 Å². The van der Waals surface area contributed by atoms with Crippen LogP contribution in [-0.4, -0.2) is 57.4 Å². The molecule has 4 fully saturated rings. The van der Waals surface area contributed by atoms with Gasteiger partial charge >= 0.3 is 0 Å². The van der Waals surface area contributed by atoms with Gasteiger partial charge in [0.25, 0.3) is 0 Å². The minimum atomic E-state index is -1.08. The molecule has 3 saturated heterocycles. The molecule has 0 unspecified atom stereocenters. The lowest BCUT2D eigenvalue weighted by molar-refractivity contribution is -0.191. The number of aliphatic hydroxyl groups is 2. The average Bonchev–Trinajstić information content (AvgIpc) is 3.70. The van der Waals surface area contributed by atoms with E-state index >= 15 is 0 Å². The van der Waals surface area contributed by atoms with Crippen molar-refractivity contribution in [3.8, 4) is 0 Å². The van der Waals surface area contributed by atoms with Crippen molar-refractivity contribution in [2.45, 2.75) is 108 Å². The van der Waals surface area contributed by atoms with Crippen molar-refractivity contribution in [3.05, 3.63) is 34.9 Å². The molecule has 7 rings (SSSR count). The summed E-state index contributed by atoms with van der Waals surface area (Å²) in [6, 6.07) is 0. The van der Waals surface area contributed by atoms with Crippen LogP contribution in [-0.2, 0) is 19.0 Å². The van der Waals surface area contributed by atoms with Crippen molar-refractivity contribution in [1.82, 2.24) is 0 Å². The lowest BCUT2D eigenvalue weighted by Crippen LogP contribution is -2.65. The van der Waals surface area contributed by atoms with Gasteiger partial charge in [0.05, 0.1) is 17.6 Å². The summed E-state index contributed by atoms with van der Waals surface area (Å²) in [5, 5.41) is 22.2. The highest BCUT2D eigenvalue weighted by Gasteiger charge is 2.75. The topological polar surface area (TPSA) is 91.8 Å². The minimum Gasteiger partial charge on any atom is -0.386 e. The maximum absolute atomic E-state index is 13.2. The number of allylic oxidation sites excluding steroid dienone is 3. The second-order valence-corrected chi connectivity index (χ2v) is 12.5. The van der Waals surface area contributed by atoms with Crippen LogP contribution in [0.3, 0.4) is 0 Å². The van der Waals surface area contributed by atoms with Gasteiger partial charge in [0.1, 0.15) is 22.9 Å². The number of hydrogen-bond acceptors (Lipinski definition) is 6. The van der Waals surface area contributed by atoms with Crippen molar-refractivity contribution in [2.75, 3.05) is 0 Å². The highest BCUT2D eigenvalue weighted by atomic mass is 16.7. The maximum atomic E-state index is 13.2. The summed E-state index contributed by atoms with van der Waals surface area (Å²) in [7, 11) is 0. The molecule has 0 radical (unpaired) electrons. The fourth-order valence-corrected chi connectivity index (χ4v) is 8.51. The molecule has 3 aliphatic heterocycles. The number of carbonyl (C=O) groups is 1. The van der Waals surface area contributed by atoms with Crippen LogP contribution < -0.4 is 0 Å². The van der Waals surface area contributed by atoms with E-state index in [4.69, 9.17) is 14.2 Å². The van der Waals surface area contributed by atoms with E-state index in [1.54, 1.807) is 6.08 Å². The smallest absolute Gasteiger partial charge is 0.186 e. The first-order valence-corrected chi connectivity index (χ1v) is 13.1. The quantitative estimate of drug-likeness (QED) is 0.477. The second-order valence-electron chi connectivity index (χ2n) is 12.5. The summed E-state index contributed by atoms with van der Waals surface area (Å²) >= 11 is 0. The van der Waals surface area contributed by atoms with Crippen LogP contribution in [0.2, 0.25) is 0 Å². The number of ketones is 1. The molecule has 0 spiro atoms. The summed E-state index contributed by atoms with van der Waals surface area (Å²) in [5.74, 6) is 0.600. The summed E-state index contributed by atoms with van der Waals surface area (Å²) in [6.07, 6.45) is 9.69. The Labute approximate surface area is 201 Å². The first-order chi connectivity index (χ1) is 16.0. The van der Waals surface area contributed by atoms with Crippen molar-refractivity contribution >= 4 is 5.78 Å². The molecular formula is C28H36O6. The van der Waals surface area contributed by atoms with E-state index in [0.717, 1.165) is 32.1 Å². The monoisotopic (exact) mass is 468 g/mol. The van der Waals surface area contributed by atoms with Crippen molar-refractivity contribution in [1.29, 1.82) is 0 Å². The SMILES string of the molecule is C[C@@H](C1=CCC2=C(CC[C@H]3[C@H]2[C@@H]2O[C@@H]2[C@@]2(O)CC=CC(=O)[C@]32C)C1)[C@H]1C[C@]2(C)O[C@]2(C)[C@H](O)O1. The van der Waals surface area contributed by atoms with E-state index in [9.17, 15) is 15.0 Å². The fourth-order valence-electron chi connectivity index (χ4n) is 8.51. The van der Waals surface area contributed by atoms with Crippen LogP contribution in [0.25, 0.3) is 0 Å². The number of fused-ring (bicyclic) bond motifs is 8. The first kappa shape index (κ1) is 21.9. The Morgan fingerprint density at radius 2 is 2.00 bits per heavy atom. The van der Waals surface area contributed by atoms with E-state index in [-0.39, 0.29) is 47.4 Å².